The Hall–Kier alpha value is 2.35. The molecule has 0 spiro atoms. The largest absolute Gasteiger partial charge is 1.00 e. The minimum atomic E-state index is -4.67. The molecule has 28 heavy (non-hydrogen) atoms. The Balaban J connectivity index is -0.0000000171. The van der Waals surface area contributed by atoms with Crippen LogP contribution in [0.2, 0.25) is 0 Å². The molecule has 10 N–H and O–H groups in total. The zero-order valence-electron chi connectivity index (χ0n) is 16.6. The van der Waals surface area contributed by atoms with Crippen molar-refractivity contribution in [3.8, 4) is 0 Å². The van der Waals surface area contributed by atoms with Crippen LogP contribution in [0.3, 0.4) is 0 Å². The monoisotopic (exact) mass is 562 g/mol. The second-order valence-electron chi connectivity index (χ2n) is 2.24. The molecule has 0 aromatic heterocycles. The van der Waals surface area contributed by atoms with Crippen LogP contribution in [0.15, 0.2) is 0 Å². The number of rotatable bonds is 0. The molecule has 0 unspecified atom stereocenters. The Morgan fingerprint density at radius 1 is 0.286 bits per heavy atom. The van der Waals surface area contributed by atoms with E-state index in [1.807, 2.05) is 0 Å². The molecule has 0 aliphatic carbocycles. The van der Waals surface area contributed by atoms with Crippen molar-refractivity contribution in [2.24, 2.45) is 0 Å². The van der Waals surface area contributed by atoms with Crippen molar-refractivity contribution >= 4 is 52.0 Å². The maximum absolute atomic E-state index is 8.74. The van der Waals surface area contributed by atoms with Crippen molar-refractivity contribution in [3.05, 3.63) is 0 Å². The van der Waals surface area contributed by atoms with Gasteiger partial charge in [-0.25, -0.2) is 0 Å². The van der Waals surface area contributed by atoms with E-state index in [1.165, 1.54) is 0 Å². The van der Waals surface area contributed by atoms with Crippen LogP contribution in [0.1, 0.15) is 4.28 Å². The van der Waals surface area contributed by atoms with Gasteiger partial charge in [-0.3, -0.25) is 45.5 Å². The van der Waals surface area contributed by atoms with Gasteiger partial charge in [-0.2, -0.15) is 42.1 Å². The van der Waals surface area contributed by atoms with Crippen molar-refractivity contribution in [3.63, 3.8) is 0 Å². The Kier molecular flexibility index (Phi) is 42.1. The molecule has 0 atom stereocenters. The van der Waals surface area contributed by atoms with Crippen LogP contribution in [-0.4, -0.2) is 87.6 Å². The van der Waals surface area contributed by atoms with Crippen LogP contribution < -0.4 is 88.7 Å². The van der Waals surface area contributed by atoms with E-state index >= 15 is 0 Å². The topological polar surface area (TPSA) is 373 Å². The van der Waals surface area contributed by atoms with E-state index in [0.717, 1.165) is 0 Å². The number of hydrogen-bond acceptors (Lipinski definition) is 10. The molecular formula is H13Na3O20S5. The average Bonchev–Trinajstić information content (AvgIpc) is 1.79. The molecule has 0 radical (unpaired) electrons. The maximum Gasteiger partial charge on any atom is 1.00 e. The van der Waals surface area contributed by atoms with Gasteiger partial charge < -0.3 is 4.28 Å². The molecule has 0 aliphatic rings. The summed E-state index contributed by atoms with van der Waals surface area (Å²) in [5, 5.41) is 0. The smallest absolute Gasteiger partial charge is 1.00 e. The molecule has 0 saturated heterocycles. The zero-order chi connectivity index (χ0) is 22.5. The third kappa shape index (κ3) is 3840. The fourth-order valence-corrected chi connectivity index (χ4v) is 0. The summed E-state index contributed by atoms with van der Waals surface area (Å²) in [6.45, 7) is 0. The third-order valence-corrected chi connectivity index (χ3v) is 0. The molecular weight excluding hydrogens is 549 g/mol. The second-order valence-corrected chi connectivity index (χ2v) is 6.72. The predicted octanol–water partition coefficient (Wildman–Crippen LogP) is -11.9. The summed E-state index contributed by atoms with van der Waals surface area (Å²) in [5.74, 6) is 0. The van der Waals surface area contributed by atoms with Gasteiger partial charge in [-0.15, -0.1) is 0 Å². The fraction of sp³-hybridized carbons (Fsp3) is 0. The van der Waals surface area contributed by atoms with Gasteiger partial charge in [0, 0.05) is 0 Å². The quantitative estimate of drug-likeness (QED) is 0.0966. The normalized spacial score (nSPS) is 10.4. The zero-order valence-corrected chi connectivity index (χ0v) is 23.7. The molecule has 0 fully saturated rings. The van der Waals surface area contributed by atoms with Crippen molar-refractivity contribution in [1.82, 2.24) is 0 Å². The molecule has 0 aromatic rings. The van der Waals surface area contributed by atoms with E-state index in [9.17, 15) is 0 Å². The molecule has 0 heterocycles. The van der Waals surface area contributed by atoms with E-state index in [2.05, 4.69) is 0 Å². The van der Waals surface area contributed by atoms with Crippen LogP contribution in [0.25, 0.3) is 0 Å². The van der Waals surface area contributed by atoms with Gasteiger partial charge >= 0.3 is 141 Å². The first-order valence-electron chi connectivity index (χ1n) is 3.49. The molecule has 166 valence electrons. The molecule has 0 bridgehead atoms. The van der Waals surface area contributed by atoms with Gasteiger partial charge in [0.2, 0.25) is 0 Å². The Labute approximate surface area is 229 Å². The van der Waals surface area contributed by atoms with E-state index in [0.29, 0.717) is 0 Å². The first-order chi connectivity index (χ1) is 10.0. The molecule has 0 aliphatic heterocycles. The molecule has 28 heteroatoms. The van der Waals surface area contributed by atoms with Crippen molar-refractivity contribution < 1.29 is 181 Å². The molecule has 0 saturated carbocycles. The van der Waals surface area contributed by atoms with Gasteiger partial charge in [-0.1, -0.05) is 0 Å². The van der Waals surface area contributed by atoms with Gasteiger partial charge in [0.05, 0.1) is 0 Å². The molecule has 0 rings (SSSR count). The summed E-state index contributed by atoms with van der Waals surface area (Å²) in [7, 11) is -23.3. The summed E-state index contributed by atoms with van der Waals surface area (Å²) in [5.41, 5.74) is 0. The molecule has 20 nitrogen and oxygen atoms in total. The second kappa shape index (κ2) is 22.5. The van der Waals surface area contributed by atoms with Crippen LogP contribution in [0.5, 0.6) is 0 Å². The summed E-state index contributed by atoms with van der Waals surface area (Å²) in [4.78, 5) is 0. The fourth-order valence-electron chi connectivity index (χ4n) is 0. The summed E-state index contributed by atoms with van der Waals surface area (Å²) < 4.78 is 158. The Bertz CT molecular complexity index is 636. The van der Waals surface area contributed by atoms with Crippen LogP contribution in [-0.2, 0) is 52.0 Å². The van der Waals surface area contributed by atoms with Crippen molar-refractivity contribution in [2.75, 3.05) is 0 Å². The van der Waals surface area contributed by atoms with Gasteiger partial charge in [-0.05, 0) is 0 Å². The molecule has 0 aromatic carbocycles. The minimum absolute atomic E-state index is 0. The Morgan fingerprint density at radius 3 is 0.286 bits per heavy atom. The van der Waals surface area contributed by atoms with Crippen molar-refractivity contribution in [2.45, 2.75) is 0 Å². The molecule has 0 amide bonds. The van der Waals surface area contributed by atoms with Gasteiger partial charge in [0.1, 0.15) is 0 Å². The summed E-state index contributed by atoms with van der Waals surface area (Å²) in [6.07, 6.45) is 0. The standard InChI is InChI=1S/3Na.5H2O4S.3H/c;;;5*1-5(2,3)4;;;/h;;;5*(H2,1,2,3,4);;;/q3*+1;;;;;;3*-1. The predicted molar refractivity (Wildman–Crippen MR) is 74.2 cm³/mol. The van der Waals surface area contributed by atoms with Crippen LogP contribution in [0, 0.1) is 0 Å². The third-order valence-electron chi connectivity index (χ3n) is 0. The first kappa shape index (κ1) is 52.3. The minimum Gasteiger partial charge on any atom is -1.00 e. The van der Waals surface area contributed by atoms with E-state index in [4.69, 9.17) is 87.6 Å². The van der Waals surface area contributed by atoms with Crippen LogP contribution >= 0.6 is 0 Å². The summed E-state index contributed by atoms with van der Waals surface area (Å²) in [6, 6.07) is 0. The van der Waals surface area contributed by atoms with Gasteiger partial charge in [0.15, 0.2) is 0 Å². The van der Waals surface area contributed by atoms with E-state index in [1.54, 1.807) is 0 Å². The Morgan fingerprint density at radius 2 is 0.286 bits per heavy atom. The average molecular weight is 562 g/mol. The maximum atomic E-state index is 8.74. The van der Waals surface area contributed by atoms with Gasteiger partial charge in [0.25, 0.3) is 0 Å². The van der Waals surface area contributed by atoms with E-state index < -0.39 is 52.0 Å². The number of hydrogen-bond donors (Lipinski definition) is 10. The first-order valence-corrected chi connectivity index (χ1v) is 10.5. The van der Waals surface area contributed by atoms with Crippen LogP contribution in [0.4, 0.5) is 0 Å². The van der Waals surface area contributed by atoms with E-state index in [-0.39, 0.29) is 93.0 Å². The SMILES string of the molecule is O=S(=O)(O)O.O=S(=O)(O)O.O=S(=O)(O)O.O=S(=O)(O)O.O=S(=O)(O)O.[H-].[H-].[H-].[Na+].[Na+].[Na+]. The van der Waals surface area contributed by atoms with Crippen molar-refractivity contribution in [1.29, 1.82) is 0 Å². The summed E-state index contributed by atoms with van der Waals surface area (Å²) >= 11 is 0.